The molecule has 0 saturated carbocycles. The zero-order chi connectivity index (χ0) is 20.3. The summed E-state index contributed by atoms with van der Waals surface area (Å²) in [5, 5.41) is 0. The third kappa shape index (κ3) is 4.75. The molecule has 2 fully saturated rings. The van der Waals surface area contributed by atoms with Crippen molar-refractivity contribution in [3.05, 3.63) is 28.8 Å². The van der Waals surface area contributed by atoms with E-state index in [2.05, 4.69) is 4.90 Å². The second-order valence-corrected chi connectivity index (χ2v) is 10.1. The van der Waals surface area contributed by atoms with Crippen LogP contribution in [-0.4, -0.2) is 74.2 Å². The first-order valence-electron chi connectivity index (χ1n) is 10.4. The Kier molecular flexibility index (Phi) is 6.78. The van der Waals surface area contributed by atoms with Crippen molar-refractivity contribution >= 4 is 15.9 Å². The molecule has 2 aliphatic heterocycles. The van der Waals surface area contributed by atoms with Gasteiger partial charge in [0.2, 0.25) is 15.9 Å². The van der Waals surface area contributed by atoms with Gasteiger partial charge in [-0.1, -0.05) is 30.5 Å². The molecule has 0 atom stereocenters. The number of benzene rings is 1. The van der Waals surface area contributed by atoms with E-state index in [9.17, 15) is 13.2 Å². The van der Waals surface area contributed by atoms with Crippen molar-refractivity contribution < 1.29 is 13.2 Å². The Morgan fingerprint density at radius 2 is 1.39 bits per heavy atom. The molecule has 0 N–H and O–H groups in total. The summed E-state index contributed by atoms with van der Waals surface area (Å²) in [4.78, 5) is 17.2. The Morgan fingerprint density at radius 1 is 0.857 bits per heavy atom. The summed E-state index contributed by atoms with van der Waals surface area (Å²) in [6, 6.07) is 3.84. The molecular weight excluding hydrogens is 374 g/mol. The van der Waals surface area contributed by atoms with E-state index < -0.39 is 10.0 Å². The predicted octanol–water partition coefficient (Wildman–Crippen LogP) is 2.32. The van der Waals surface area contributed by atoms with Crippen LogP contribution in [0.1, 0.15) is 42.4 Å². The van der Waals surface area contributed by atoms with E-state index in [1.165, 1.54) is 17.1 Å². The van der Waals surface area contributed by atoms with Crippen molar-refractivity contribution in [3.63, 3.8) is 0 Å². The van der Waals surface area contributed by atoms with Crippen LogP contribution in [0.5, 0.6) is 0 Å². The van der Waals surface area contributed by atoms with Crippen molar-refractivity contribution in [1.82, 2.24) is 14.1 Å². The first-order valence-corrected chi connectivity index (χ1v) is 11.8. The van der Waals surface area contributed by atoms with Gasteiger partial charge in [-0.25, -0.2) is 8.42 Å². The summed E-state index contributed by atoms with van der Waals surface area (Å²) in [5.41, 5.74) is 2.65. The highest BCUT2D eigenvalue weighted by Gasteiger charge is 2.32. The lowest BCUT2D eigenvalue weighted by atomic mass is 10.1. The van der Waals surface area contributed by atoms with Crippen LogP contribution in [0, 0.1) is 20.8 Å². The molecule has 28 heavy (non-hydrogen) atoms. The quantitative estimate of drug-likeness (QED) is 0.769. The second-order valence-electron chi connectivity index (χ2n) is 8.20. The zero-order valence-electron chi connectivity index (χ0n) is 17.4. The number of rotatable bonds is 4. The van der Waals surface area contributed by atoms with Gasteiger partial charge >= 0.3 is 0 Å². The van der Waals surface area contributed by atoms with E-state index in [1.54, 1.807) is 0 Å². The molecule has 0 bridgehead atoms. The summed E-state index contributed by atoms with van der Waals surface area (Å²) < 4.78 is 27.9. The number of amides is 1. The van der Waals surface area contributed by atoms with Gasteiger partial charge in [0.05, 0.1) is 11.4 Å². The molecule has 0 aromatic heterocycles. The highest BCUT2D eigenvalue weighted by Crippen LogP contribution is 2.26. The van der Waals surface area contributed by atoms with Crippen molar-refractivity contribution in [2.24, 2.45) is 0 Å². The monoisotopic (exact) mass is 407 g/mol. The van der Waals surface area contributed by atoms with Gasteiger partial charge in [-0.2, -0.15) is 4.31 Å². The van der Waals surface area contributed by atoms with Gasteiger partial charge in [-0.05, 0) is 57.8 Å². The number of carbonyl (C=O) groups is 1. The molecule has 7 heteroatoms. The fourth-order valence-electron chi connectivity index (χ4n) is 4.47. The molecule has 2 aliphatic rings. The maximum absolute atomic E-state index is 13.2. The van der Waals surface area contributed by atoms with Gasteiger partial charge in [0, 0.05) is 26.2 Å². The highest BCUT2D eigenvalue weighted by atomic mass is 32.2. The smallest absolute Gasteiger partial charge is 0.243 e. The minimum Gasteiger partial charge on any atom is -0.339 e. The van der Waals surface area contributed by atoms with E-state index in [1.807, 2.05) is 37.8 Å². The molecule has 0 spiro atoms. The lowest BCUT2D eigenvalue weighted by Gasteiger charge is -2.35. The van der Waals surface area contributed by atoms with Crippen LogP contribution in [0.2, 0.25) is 0 Å². The summed E-state index contributed by atoms with van der Waals surface area (Å²) in [6.45, 7) is 9.79. The van der Waals surface area contributed by atoms with Gasteiger partial charge in [-0.3, -0.25) is 9.69 Å². The average molecular weight is 408 g/mol. The van der Waals surface area contributed by atoms with Crippen LogP contribution in [0.3, 0.4) is 0 Å². The van der Waals surface area contributed by atoms with Crippen LogP contribution in [-0.2, 0) is 14.8 Å². The van der Waals surface area contributed by atoms with Gasteiger partial charge in [-0.15, -0.1) is 0 Å². The van der Waals surface area contributed by atoms with Crippen molar-refractivity contribution in [2.75, 3.05) is 45.8 Å². The van der Waals surface area contributed by atoms with Gasteiger partial charge in [0.1, 0.15) is 0 Å². The summed E-state index contributed by atoms with van der Waals surface area (Å²) >= 11 is 0. The number of carbonyl (C=O) groups excluding carboxylic acids is 1. The average Bonchev–Trinajstić information content (AvgIpc) is 2.89. The van der Waals surface area contributed by atoms with Crippen molar-refractivity contribution in [3.8, 4) is 0 Å². The number of sulfonamides is 1. The first-order chi connectivity index (χ1) is 13.3. The molecule has 1 aromatic carbocycles. The van der Waals surface area contributed by atoms with Gasteiger partial charge < -0.3 is 4.90 Å². The molecule has 0 radical (unpaired) electrons. The molecule has 0 aliphatic carbocycles. The number of aryl methyl sites for hydroxylation is 3. The maximum atomic E-state index is 13.2. The number of hydrogen-bond donors (Lipinski definition) is 0. The fourth-order valence-corrected chi connectivity index (χ4v) is 6.30. The van der Waals surface area contributed by atoms with E-state index in [4.69, 9.17) is 0 Å². The Labute approximate surface area is 169 Å². The molecule has 1 amide bonds. The Hall–Kier alpha value is -1.44. The Morgan fingerprint density at radius 3 is 1.93 bits per heavy atom. The number of nitrogens with zero attached hydrogens (tertiary/aromatic N) is 3. The molecule has 2 heterocycles. The van der Waals surface area contributed by atoms with E-state index >= 15 is 0 Å². The summed E-state index contributed by atoms with van der Waals surface area (Å²) in [5.74, 6) is 0.127. The Balaban J connectivity index is 1.62. The lowest BCUT2D eigenvalue weighted by Crippen LogP contribution is -2.52. The summed E-state index contributed by atoms with van der Waals surface area (Å²) in [6.07, 6.45) is 4.82. The summed E-state index contributed by atoms with van der Waals surface area (Å²) in [7, 11) is -3.54. The molecule has 6 nitrogen and oxygen atoms in total. The molecule has 2 saturated heterocycles. The second kappa shape index (κ2) is 8.93. The highest BCUT2D eigenvalue weighted by molar-refractivity contribution is 7.89. The first kappa shape index (κ1) is 21.3. The predicted molar refractivity (Wildman–Crippen MR) is 111 cm³/mol. The number of hydrogen-bond acceptors (Lipinski definition) is 4. The van der Waals surface area contributed by atoms with Crippen LogP contribution in [0.4, 0.5) is 0 Å². The minimum absolute atomic E-state index is 0.127. The SMILES string of the molecule is Cc1cc(C)c(S(=O)(=O)N2CCN(C(=O)CN3CCCCCC3)CC2)c(C)c1. The normalized spacial score (nSPS) is 20.2. The van der Waals surface area contributed by atoms with Crippen molar-refractivity contribution in [1.29, 1.82) is 0 Å². The fraction of sp³-hybridized carbons (Fsp3) is 0.667. The van der Waals surface area contributed by atoms with E-state index in [0.29, 0.717) is 37.6 Å². The van der Waals surface area contributed by atoms with E-state index in [-0.39, 0.29) is 5.91 Å². The Bertz CT molecular complexity index is 783. The maximum Gasteiger partial charge on any atom is 0.243 e. The van der Waals surface area contributed by atoms with Crippen LogP contribution in [0.15, 0.2) is 17.0 Å². The van der Waals surface area contributed by atoms with E-state index in [0.717, 1.165) is 42.6 Å². The standard InChI is InChI=1S/C21H33N3O3S/c1-17-14-18(2)21(19(3)15-17)28(26,27)24-12-10-23(11-13-24)20(25)16-22-8-6-4-5-7-9-22/h14-15H,4-13,16H2,1-3H3. The molecule has 0 unspecified atom stereocenters. The van der Waals surface area contributed by atoms with Crippen LogP contribution in [0.25, 0.3) is 0 Å². The molecular formula is C21H33N3O3S. The zero-order valence-corrected chi connectivity index (χ0v) is 18.2. The topological polar surface area (TPSA) is 60.9 Å². The van der Waals surface area contributed by atoms with Crippen LogP contribution >= 0.6 is 0 Å². The third-order valence-corrected chi connectivity index (χ3v) is 8.06. The third-order valence-electron chi connectivity index (χ3n) is 5.85. The lowest BCUT2D eigenvalue weighted by molar-refractivity contribution is -0.133. The minimum atomic E-state index is -3.54. The van der Waals surface area contributed by atoms with Crippen LogP contribution < -0.4 is 0 Å². The number of piperazine rings is 1. The molecule has 1 aromatic rings. The van der Waals surface area contributed by atoms with Gasteiger partial charge in [0.15, 0.2) is 0 Å². The van der Waals surface area contributed by atoms with Crippen molar-refractivity contribution in [2.45, 2.75) is 51.3 Å². The molecule has 156 valence electrons. The van der Waals surface area contributed by atoms with Gasteiger partial charge in [0.25, 0.3) is 0 Å². The molecule has 3 rings (SSSR count). The number of likely N-dealkylation sites (tertiary alicyclic amines) is 1. The largest absolute Gasteiger partial charge is 0.339 e.